The zero-order valence-corrected chi connectivity index (χ0v) is 15.8. The second-order valence-corrected chi connectivity index (χ2v) is 7.17. The molecule has 0 radical (unpaired) electrons. The number of benzene rings is 2. The Hall–Kier alpha value is -3.08. The van der Waals surface area contributed by atoms with Gasteiger partial charge in [0.05, 0.1) is 25.7 Å². The molecule has 0 unspecified atom stereocenters. The van der Waals surface area contributed by atoms with E-state index in [4.69, 9.17) is 14.2 Å². The van der Waals surface area contributed by atoms with Gasteiger partial charge in [0, 0.05) is 11.5 Å². The van der Waals surface area contributed by atoms with E-state index in [0.29, 0.717) is 22.6 Å². The number of rotatable bonds is 6. The van der Waals surface area contributed by atoms with Gasteiger partial charge in [0.25, 0.3) is 0 Å². The predicted octanol–water partition coefficient (Wildman–Crippen LogP) is 3.93. The second kappa shape index (κ2) is 7.50. The Morgan fingerprint density at radius 1 is 0.857 bits per heavy atom. The third-order valence-corrected chi connectivity index (χ3v) is 5.59. The molecule has 5 nitrogen and oxygen atoms in total. The van der Waals surface area contributed by atoms with Crippen LogP contribution in [0.4, 0.5) is 0 Å². The summed E-state index contributed by atoms with van der Waals surface area (Å²) >= 11 is 0. The van der Waals surface area contributed by atoms with Crippen LogP contribution < -0.4 is 9.47 Å². The van der Waals surface area contributed by atoms with E-state index in [1.165, 1.54) is 0 Å². The highest BCUT2D eigenvalue weighted by Gasteiger charge is 2.50. The van der Waals surface area contributed by atoms with E-state index in [1.54, 1.807) is 62.8 Å². The summed E-state index contributed by atoms with van der Waals surface area (Å²) in [6, 6.07) is 14.0. The highest BCUT2D eigenvalue weighted by atomic mass is 16.5. The quantitative estimate of drug-likeness (QED) is 0.433. The van der Waals surface area contributed by atoms with Crippen LogP contribution in [0, 0.1) is 17.8 Å². The molecular weight excluding hydrogens is 356 g/mol. The molecule has 0 N–H and O–H groups in total. The summed E-state index contributed by atoms with van der Waals surface area (Å²) in [4.78, 5) is 26.0. The molecule has 4 atom stereocenters. The lowest BCUT2D eigenvalue weighted by atomic mass is 9.84. The fourth-order valence-electron chi connectivity index (χ4n) is 4.19. The van der Waals surface area contributed by atoms with Gasteiger partial charge in [0.2, 0.25) is 0 Å². The van der Waals surface area contributed by atoms with Crippen molar-refractivity contribution in [3.8, 4) is 11.5 Å². The highest BCUT2D eigenvalue weighted by molar-refractivity contribution is 5.99. The fourth-order valence-corrected chi connectivity index (χ4v) is 4.19. The highest BCUT2D eigenvalue weighted by Crippen LogP contribution is 2.47. The van der Waals surface area contributed by atoms with E-state index in [1.807, 2.05) is 0 Å². The smallest absolute Gasteiger partial charge is 0.338 e. The third kappa shape index (κ3) is 3.28. The molecular formula is C23H22O5. The average Bonchev–Trinajstić information content (AvgIpc) is 3.35. The van der Waals surface area contributed by atoms with Crippen molar-refractivity contribution in [2.45, 2.75) is 12.5 Å². The van der Waals surface area contributed by atoms with Gasteiger partial charge in [-0.1, -0.05) is 30.4 Å². The number of allylic oxidation sites excluding steroid dienone is 1. The van der Waals surface area contributed by atoms with E-state index >= 15 is 0 Å². The molecule has 2 aromatic carbocycles. The molecule has 2 aliphatic rings. The number of hydrogen-bond acceptors (Lipinski definition) is 5. The van der Waals surface area contributed by atoms with Crippen LogP contribution in [0.2, 0.25) is 0 Å². The van der Waals surface area contributed by atoms with Gasteiger partial charge >= 0.3 is 5.97 Å². The topological polar surface area (TPSA) is 61.8 Å². The summed E-state index contributed by atoms with van der Waals surface area (Å²) < 4.78 is 16.3. The van der Waals surface area contributed by atoms with Crippen LogP contribution in [0.25, 0.3) is 0 Å². The summed E-state index contributed by atoms with van der Waals surface area (Å²) in [6.45, 7) is 0. The zero-order chi connectivity index (χ0) is 19.7. The summed E-state index contributed by atoms with van der Waals surface area (Å²) in [7, 11) is 3.12. The molecule has 1 fully saturated rings. The van der Waals surface area contributed by atoms with Crippen molar-refractivity contribution < 1.29 is 23.8 Å². The first-order chi connectivity index (χ1) is 13.6. The van der Waals surface area contributed by atoms with Gasteiger partial charge in [0.1, 0.15) is 17.6 Å². The van der Waals surface area contributed by atoms with Crippen LogP contribution >= 0.6 is 0 Å². The van der Waals surface area contributed by atoms with Crippen molar-refractivity contribution in [3.05, 3.63) is 71.8 Å². The molecule has 0 aliphatic heterocycles. The van der Waals surface area contributed by atoms with Gasteiger partial charge in [-0.2, -0.15) is 0 Å². The van der Waals surface area contributed by atoms with Gasteiger partial charge < -0.3 is 14.2 Å². The van der Waals surface area contributed by atoms with E-state index in [0.717, 1.165) is 6.42 Å². The Morgan fingerprint density at radius 3 is 2.14 bits per heavy atom. The van der Waals surface area contributed by atoms with Crippen molar-refractivity contribution in [1.82, 2.24) is 0 Å². The molecule has 1 saturated carbocycles. The monoisotopic (exact) mass is 378 g/mol. The minimum Gasteiger partial charge on any atom is -0.497 e. The molecule has 0 amide bonds. The van der Waals surface area contributed by atoms with Gasteiger partial charge in [-0.25, -0.2) is 4.79 Å². The van der Waals surface area contributed by atoms with Crippen LogP contribution in [-0.4, -0.2) is 32.1 Å². The predicted molar refractivity (Wildman–Crippen MR) is 104 cm³/mol. The maximum atomic E-state index is 13.2. The first-order valence-corrected chi connectivity index (χ1v) is 9.32. The van der Waals surface area contributed by atoms with E-state index in [9.17, 15) is 9.59 Å². The van der Waals surface area contributed by atoms with Crippen molar-refractivity contribution in [2.24, 2.45) is 17.8 Å². The summed E-state index contributed by atoms with van der Waals surface area (Å²) in [5.74, 6) is 0.552. The molecule has 144 valence electrons. The lowest BCUT2D eigenvalue weighted by molar-refractivity contribution is 0.0113. The number of hydrogen-bond donors (Lipinski definition) is 0. The zero-order valence-electron chi connectivity index (χ0n) is 15.8. The summed E-state index contributed by atoms with van der Waals surface area (Å²) in [5.41, 5.74) is 0.992. The molecule has 2 aliphatic carbocycles. The van der Waals surface area contributed by atoms with Gasteiger partial charge in [0.15, 0.2) is 5.78 Å². The molecule has 0 spiro atoms. The number of esters is 1. The van der Waals surface area contributed by atoms with Gasteiger partial charge in [-0.05, 0) is 42.7 Å². The number of ketones is 1. The fraction of sp³-hybridized carbons (Fsp3) is 0.304. The van der Waals surface area contributed by atoms with E-state index in [2.05, 4.69) is 12.2 Å². The molecule has 2 aromatic rings. The van der Waals surface area contributed by atoms with Crippen LogP contribution in [0.5, 0.6) is 11.5 Å². The van der Waals surface area contributed by atoms with E-state index in [-0.39, 0.29) is 23.5 Å². The number of fused-ring (bicyclic) bond motifs is 2. The molecule has 0 saturated heterocycles. The molecule has 0 heterocycles. The number of methoxy groups -OCH3 is 2. The molecule has 2 bridgehead atoms. The molecule has 0 aromatic heterocycles. The lowest BCUT2D eigenvalue weighted by Gasteiger charge is -2.27. The first-order valence-electron chi connectivity index (χ1n) is 9.32. The Morgan fingerprint density at radius 2 is 1.46 bits per heavy atom. The summed E-state index contributed by atoms with van der Waals surface area (Å²) in [6.07, 6.45) is 4.50. The van der Waals surface area contributed by atoms with Crippen molar-refractivity contribution in [2.75, 3.05) is 14.2 Å². The largest absolute Gasteiger partial charge is 0.497 e. The SMILES string of the molecule is COc1cccc(C(=O)O[C@@H]2[C@@H](C(=O)c3cccc(OC)c3)[C@H]3C=C[C@@H]2C3)c1. The van der Waals surface area contributed by atoms with Crippen LogP contribution in [0.15, 0.2) is 60.7 Å². The molecule has 28 heavy (non-hydrogen) atoms. The number of carbonyl (C=O) groups excluding carboxylic acids is 2. The first kappa shape index (κ1) is 18.3. The Balaban J connectivity index is 1.57. The van der Waals surface area contributed by atoms with Gasteiger partial charge in [-0.3, -0.25) is 4.79 Å². The minimum atomic E-state index is -0.465. The summed E-state index contributed by atoms with van der Waals surface area (Å²) in [5, 5.41) is 0. The van der Waals surface area contributed by atoms with Crippen molar-refractivity contribution >= 4 is 11.8 Å². The standard InChI is InChI=1S/C23H22O5/c1-26-18-7-3-5-15(12-18)21(24)20-14-9-10-16(11-14)22(20)28-23(25)17-6-4-8-19(13-17)27-2/h3-10,12-14,16,20,22H,11H2,1-2H3/t14-,16+,20+,22-/m0/s1. The van der Waals surface area contributed by atoms with Crippen molar-refractivity contribution in [1.29, 1.82) is 0 Å². The molecule has 4 rings (SSSR count). The number of carbonyl (C=O) groups is 2. The normalized spacial score (nSPS) is 24.8. The number of ether oxygens (including phenoxy) is 3. The van der Waals surface area contributed by atoms with Crippen LogP contribution in [0.3, 0.4) is 0 Å². The lowest BCUT2D eigenvalue weighted by Crippen LogP contribution is -2.35. The maximum absolute atomic E-state index is 13.2. The van der Waals surface area contributed by atoms with Crippen LogP contribution in [-0.2, 0) is 4.74 Å². The van der Waals surface area contributed by atoms with Gasteiger partial charge in [-0.15, -0.1) is 0 Å². The minimum absolute atomic E-state index is 0.0146. The Bertz CT molecular complexity index is 932. The van der Waals surface area contributed by atoms with Crippen molar-refractivity contribution in [3.63, 3.8) is 0 Å². The van der Waals surface area contributed by atoms with E-state index < -0.39 is 12.1 Å². The average molecular weight is 378 g/mol. The van der Waals surface area contributed by atoms with Crippen LogP contribution in [0.1, 0.15) is 27.1 Å². The maximum Gasteiger partial charge on any atom is 0.338 e. The number of Topliss-reactive ketones (excluding diaryl/α,β-unsaturated/α-hetero) is 1. The Labute approximate surface area is 163 Å². The Kier molecular flexibility index (Phi) is 4.90. The second-order valence-electron chi connectivity index (χ2n) is 7.17. The molecule has 5 heteroatoms. The third-order valence-electron chi connectivity index (χ3n) is 5.59.